The van der Waals surface area contributed by atoms with E-state index in [9.17, 15) is 9.90 Å². The van der Waals surface area contributed by atoms with Crippen molar-refractivity contribution >= 4 is 17.3 Å². The van der Waals surface area contributed by atoms with Gasteiger partial charge in [-0.2, -0.15) is 0 Å². The molecule has 1 atom stereocenters. The Hall–Kier alpha value is -1.79. The molecule has 14 heavy (non-hydrogen) atoms. The summed E-state index contributed by atoms with van der Waals surface area (Å²) in [7, 11) is 0. The minimum atomic E-state index is -1.61. The van der Waals surface area contributed by atoms with Gasteiger partial charge in [0.05, 0.1) is 5.69 Å². The predicted molar refractivity (Wildman–Crippen MR) is 51.3 cm³/mol. The van der Waals surface area contributed by atoms with E-state index in [1.165, 1.54) is 18.2 Å². The number of nitrogens with one attached hydrogen (secondary N) is 1. The molecule has 1 unspecified atom stereocenters. The normalized spacial score (nSPS) is 12.1. The van der Waals surface area contributed by atoms with Crippen molar-refractivity contribution in [1.29, 1.82) is 0 Å². The molecule has 0 saturated heterocycles. The van der Waals surface area contributed by atoms with Gasteiger partial charge in [-0.05, 0) is 12.1 Å². The first-order chi connectivity index (χ1) is 6.56. The molecule has 1 rings (SSSR count). The van der Waals surface area contributed by atoms with Crippen LogP contribution in [0.15, 0.2) is 18.2 Å². The topological polar surface area (TPSA) is 122 Å². The number of aliphatic carboxylic acids is 1. The Morgan fingerprint density at radius 1 is 1.50 bits per heavy atom. The Morgan fingerprint density at radius 2 is 2.14 bits per heavy atom. The highest BCUT2D eigenvalue weighted by atomic mass is 16.4. The van der Waals surface area contributed by atoms with Gasteiger partial charge in [0, 0.05) is 11.3 Å². The SMILES string of the molecule is NNc1ccc(C(O)C(=O)O)c(N)c1. The van der Waals surface area contributed by atoms with Gasteiger partial charge in [0.15, 0.2) is 6.10 Å². The standard InChI is InChI=1S/C8H11N3O3/c9-6-3-4(11-10)1-2-5(6)7(12)8(13)14/h1-3,7,11-12H,9-10H2,(H,13,14). The van der Waals surface area contributed by atoms with Crippen LogP contribution in [0.3, 0.4) is 0 Å². The number of nitrogen functional groups attached to an aromatic ring is 2. The molecule has 0 amide bonds. The van der Waals surface area contributed by atoms with E-state index in [4.69, 9.17) is 16.7 Å². The molecule has 1 aromatic rings. The van der Waals surface area contributed by atoms with E-state index in [0.29, 0.717) is 5.69 Å². The van der Waals surface area contributed by atoms with Crippen LogP contribution in [0, 0.1) is 0 Å². The van der Waals surface area contributed by atoms with E-state index in [0.717, 1.165) is 0 Å². The lowest BCUT2D eigenvalue weighted by molar-refractivity contribution is -0.146. The highest BCUT2D eigenvalue weighted by Crippen LogP contribution is 2.23. The highest BCUT2D eigenvalue weighted by Gasteiger charge is 2.18. The van der Waals surface area contributed by atoms with Crippen LogP contribution in [-0.4, -0.2) is 16.2 Å². The van der Waals surface area contributed by atoms with Crippen molar-refractivity contribution < 1.29 is 15.0 Å². The maximum atomic E-state index is 10.5. The molecule has 0 aromatic heterocycles. The third kappa shape index (κ3) is 1.93. The van der Waals surface area contributed by atoms with Gasteiger partial charge in [-0.15, -0.1) is 0 Å². The van der Waals surface area contributed by atoms with Crippen molar-refractivity contribution in [3.63, 3.8) is 0 Å². The summed E-state index contributed by atoms with van der Waals surface area (Å²) in [5.74, 6) is 3.78. The molecule has 0 heterocycles. The summed E-state index contributed by atoms with van der Waals surface area (Å²) in [6, 6.07) is 4.38. The number of carbonyl (C=O) groups is 1. The Morgan fingerprint density at radius 3 is 2.57 bits per heavy atom. The van der Waals surface area contributed by atoms with E-state index < -0.39 is 12.1 Å². The minimum absolute atomic E-state index is 0.150. The first kappa shape index (κ1) is 10.3. The summed E-state index contributed by atoms with van der Waals surface area (Å²) in [5.41, 5.74) is 8.74. The summed E-state index contributed by atoms with van der Waals surface area (Å²) >= 11 is 0. The fraction of sp³-hybridized carbons (Fsp3) is 0.125. The zero-order valence-electron chi connectivity index (χ0n) is 7.27. The van der Waals surface area contributed by atoms with Crippen molar-refractivity contribution in [2.24, 2.45) is 5.84 Å². The van der Waals surface area contributed by atoms with Gasteiger partial charge in [-0.1, -0.05) is 6.07 Å². The molecule has 6 heteroatoms. The van der Waals surface area contributed by atoms with Gasteiger partial charge < -0.3 is 21.4 Å². The number of nitrogens with two attached hydrogens (primary N) is 2. The highest BCUT2D eigenvalue weighted by molar-refractivity contribution is 5.77. The van der Waals surface area contributed by atoms with Crippen LogP contribution in [0.2, 0.25) is 0 Å². The first-order valence-corrected chi connectivity index (χ1v) is 3.83. The smallest absolute Gasteiger partial charge is 0.337 e. The number of anilines is 2. The Kier molecular flexibility index (Phi) is 2.90. The van der Waals surface area contributed by atoms with Gasteiger partial charge in [-0.3, -0.25) is 5.84 Å². The van der Waals surface area contributed by atoms with Crippen molar-refractivity contribution in [3.05, 3.63) is 23.8 Å². The molecule has 0 saturated carbocycles. The molecule has 0 aliphatic carbocycles. The molecule has 6 nitrogen and oxygen atoms in total. The Bertz CT molecular complexity index is 354. The second kappa shape index (κ2) is 3.95. The van der Waals surface area contributed by atoms with Crippen molar-refractivity contribution in [2.75, 3.05) is 11.2 Å². The van der Waals surface area contributed by atoms with Crippen molar-refractivity contribution in [1.82, 2.24) is 0 Å². The number of hydrogen-bond acceptors (Lipinski definition) is 5. The first-order valence-electron chi connectivity index (χ1n) is 3.83. The molecule has 0 bridgehead atoms. The lowest BCUT2D eigenvalue weighted by Crippen LogP contribution is -2.13. The Labute approximate surface area is 80.1 Å². The van der Waals surface area contributed by atoms with E-state index in [1.54, 1.807) is 0 Å². The number of carboxylic acids is 1. The molecule has 0 aliphatic rings. The Balaban J connectivity index is 3.05. The molecule has 0 aliphatic heterocycles. The lowest BCUT2D eigenvalue weighted by Gasteiger charge is -2.10. The van der Waals surface area contributed by atoms with Crippen LogP contribution in [0.1, 0.15) is 11.7 Å². The largest absolute Gasteiger partial charge is 0.479 e. The number of hydrazine groups is 1. The molecular weight excluding hydrogens is 186 g/mol. The number of aliphatic hydroxyl groups excluding tert-OH is 1. The summed E-state index contributed by atoms with van der Waals surface area (Å²) in [6.45, 7) is 0. The van der Waals surface area contributed by atoms with Gasteiger partial charge in [0.25, 0.3) is 0 Å². The van der Waals surface area contributed by atoms with Gasteiger partial charge in [0.2, 0.25) is 0 Å². The zero-order valence-corrected chi connectivity index (χ0v) is 7.27. The number of carboxylic acid groups (broad SMARTS) is 1. The average Bonchev–Trinajstić information content (AvgIpc) is 2.16. The number of benzene rings is 1. The predicted octanol–water partition coefficient (Wildman–Crippen LogP) is -0.328. The number of aliphatic hydroxyl groups is 1. The second-order valence-corrected chi connectivity index (χ2v) is 2.73. The summed E-state index contributed by atoms with van der Waals surface area (Å²) < 4.78 is 0. The second-order valence-electron chi connectivity index (χ2n) is 2.73. The third-order valence-electron chi connectivity index (χ3n) is 1.78. The lowest BCUT2D eigenvalue weighted by atomic mass is 10.1. The van der Waals surface area contributed by atoms with Crippen LogP contribution in [-0.2, 0) is 4.79 Å². The molecule has 0 spiro atoms. The van der Waals surface area contributed by atoms with Gasteiger partial charge in [-0.25, -0.2) is 4.79 Å². The third-order valence-corrected chi connectivity index (χ3v) is 1.78. The fourth-order valence-corrected chi connectivity index (χ4v) is 1.05. The molecule has 1 aromatic carbocycles. The van der Waals surface area contributed by atoms with Crippen LogP contribution in [0.25, 0.3) is 0 Å². The van der Waals surface area contributed by atoms with Crippen molar-refractivity contribution in [2.45, 2.75) is 6.10 Å². The molecule has 0 fully saturated rings. The molecular formula is C8H11N3O3. The maximum absolute atomic E-state index is 10.5. The quantitative estimate of drug-likeness (QED) is 0.257. The average molecular weight is 197 g/mol. The van der Waals surface area contributed by atoms with Crippen LogP contribution in [0.4, 0.5) is 11.4 Å². The summed E-state index contributed by atoms with van der Waals surface area (Å²) in [6.07, 6.45) is -1.61. The molecule has 7 N–H and O–H groups in total. The summed E-state index contributed by atoms with van der Waals surface area (Å²) in [4.78, 5) is 10.5. The van der Waals surface area contributed by atoms with E-state index >= 15 is 0 Å². The van der Waals surface area contributed by atoms with E-state index in [-0.39, 0.29) is 11.3 Å². The minimum Gasteiger partial charge on any atom is -0.479 e. The monoisotopic (exact) mass is 197 g/mol. The maximum Gasteiger partial charge on any atom is 0.337 e. The number of rotatable bonds is 3. The van der Waals surface area contributed by atoms with E-state index in [2.05, 4.69) is 5.43 Å². The van der Waals surface area contributed by atoms with E-state index in [1.807, 2.05) is 0 Å². The summed E-state index contributed by atoms with van der Waals surface area (Å²) in [5, 5.41) is 17.8. The van der Waals surface area contributed by atoms with Gasteiger partial charge in [0.1, 0.15) is 0 Å². The van der Waals surface area contributed by atoms with Crippen LogP contribution in [0.5, 0.6) is 0 Å². The number of hydrogen-bond donors (Lipinski definition) is 5. The van der Waals surface area contributed by atoms with Crippen LogP contribution >= 0.6 is 0 Å². The zero-order chi connectivity index (χ0) is 10.7. The van der Waals surface area contributed by atoms with Crippen molar-refractivity contribution in [3.8, 4) is 0 Å². The fourth-order valence-electron chi connectivity index (χ4n) is 1.05. The molecule has 0 radical (unpaired) electrons. The van der Waals surface area contributed by atoms with Gasteiger partial charge >= 0.3 is 5.97 Å². The molecule has 76 valence electrons. The van der Waals surface area contributed by atoms with Crippen LogP contribution < -0.4 is 17.0 Å².